The van der Waals surface area contributed by atoms with Gasteiger partial charge in [-0.15, -0.1) is 24.0 Å². The maximum Gasteiger partial charge on any atom is 0.240 e. The van der Waals surface area contributed by atoms with Crippen molar-refractivity contribution in [3.8, 4) is 0 Å². The molecule has 0 aliphatic heterocycles. The fraction of sp³-hybridized carbons (Fsp3) is 0.650. The first kappa shape index (κ1) is 28.1. The van der Waals surface area contributed by atoms with E-state index in [4.69, 9.17) is 4.74 Å². The van der Waals surface area contributed by atoms with Gasteiger partial charge < -0.3 is 15.4 Å². The molecule has 168 valence electrons. The molecule has 0 radical (unpaired) electrons. The summed E-state index contributed by atoms with van der Waals surface area (Å²) in [7, 11) is -1.98. The summed E-state index contributed by atoms with van der Waals surface area (Å²) in [5.41, 5.74) is 0.947. The Balaban J connectivity index is 0.00000784. The van der Waals surface area contributed by atoms with Gasteiger partial charge in [-0.3, -0.25) is 0 Å². The summed E-state index contributed by atoms with van der Waals surface area (Å²) in [5, 5.41) is 6.69. The smallest absolute Gasteiger partial charge is 0.240 e. The van der Waals surface area contributed by atoms with Gasteiger partial charge in [0.2, 0.25) is 10.0 Å². The minimum Gasteiger partial charge on any atom is -0.383 e. The van der Waals surface area contributed by atoms with Crippen molar-refractivity contribution >= 4 is 40.0 Å². The third-order valence-corrected chi connectivity index (χ3v) is 5.63. The van der Waals surface area contributed by atoms with Crippen molar-refractivity contribution in [2.24, 2.45) is 10.9 Å². The number of benzene rings is 1. The summed E-state index contributed by atoms with van der Waals surface area (Å²) in [6.45, 7) is 10.5. The zero-order chi connectivity index (χ0) is 21.0. The van der Waals surface area contributed by atoms with Crippen molar-refractivity contribution in [3.05, 3.63) is 29.8 Å². The number of ether oxygens (including phenoxy) is 1. The first-order valence-electron chi connectivity index (χ1n) is 9.90. The van der Waals surface area contributed by atoms with Crippen molar-refractivity contribution in [2.75, 3.05) is 26.8 Å². The summed E-state index contributed by atoms with van der Waals surface area (Å²) in [4.78, 5) is 4.86. The second-order valence-corrected chi connectivity index (χ2v) is 9.01. The number of halogens is 1. The van der Waals surface area contributed by atoms with Gasteiger partial charge in [0.05, 0.1) is 18.0 Å². The predicted octanol–water partition coefficient (Wildman–Crippen LogP) is 3.11. The van der Waals surface area contributed by atoms with Gasteiger partial charge in [0.1, 0.15) is 0 Å². The molecule has 0 bridgehead atoms. The lowest BCUT2D eigenvalue weighted by Crippen LogP contribution is -2.42. The molecule has 9 heteroatoms. The Hall–Kier alpha value is -0.910. The van der Waals surface area contributed by atoms with E-state index in [1.54, 1.807) is 24.3 Å². The van der Waals surface area contributed by atoms with E-state index < -0.39 is 10.0 Å². The van der Waals surface area contributed by atoms with Crippen molar-refractivity contribution < 1.29 is 13.2 Å². The lowest BCUT2D eigenvalue weighted by molar-refractivity contribution is 0.204. The van der Waals surface area contributed by atoms with Crippen LogP contribution >= 0.6 is 24.0 Å². The molecule has 1 atom stereocenters. The van der Waals surface area contributed by atoms with E-state index in [0.717, 1.165) is 24.5 Å². The van der Waals surface area contributed by atoms with Gasteiger partial charge in [-0.2, -0.15) is 0 Å². The SMILES string of the molecule is CCNC(=NCc1ccc(S(=O)(=O)NCCOC)cc1)NC(C)CCC(C)C.I. The second kappa shape index (κ2) is 15.0. The molecule has 1 rings (SSSR count). The number of rotatable bonds is 12. The Morgan fingerprint density at radius 3 is 2.34 bits per heavy atom. The molecule has 3 N–H and O–H groups in total. The molecule has 29 heavy (non-hydrogen) atoms. The summed E-state index contributed by atoms with van der Waals surface area (Å²) < 4.78 is 31.7. The number of sulfonamides is 1. The number of guanidine groups is 1. The average molecular weight is 541 g/mol. The average Bonchev–Trinajstić information content (AvgIpc) is 2.65. The topological polar surface area (TPSA) is 91.8 Å². The Labute approximate surface area is 193 Å². The monoisotopic (exact) mass is 540 g/mol. The van der Waals surface area contributed by atoms with Gasteiger partial charge in [-0.25, -0.2) is 18.1 Å². The number of hydrogen-bond donors (Lipinski definition) is 3. The molecule has 0 heterocycles. The molecule has 1 aromatic carbocycles. The van der Waals surface area contributed by atoms with Crippen LogP contribution in [0.4, 0.5) is 0 Å². The van der Waals surface area contributed by atoms with Crippen molar-refractivity contribution in [3.63, 3.8) is 0 Å². The number of aliphatic imine (C=N–C) groups is 1. The van der Waals surface area contributed by atoms with Crippen LogP contribution in [-0.2, 0) is 21.3 Å². The van der Waals surface area contributed by atoms with Crippen LogP contribution in [0.25, 0.3) is 0 Å². The molecular formula is C20H37IN4O3S. The molecule has 0 aliphatic carbocycles. The summed E-state index contributed by atoms with van der Waals surface area (Å²) in [5.74, 6) is 1.46. The second-order valence-electron chi connectivity index (χ2n) is 7.25. The maximum absolute atomic E-state index is 12.2. The van der Waals surface area contributed by atoms with Crippen LogP contribution in [-0.4, -0.2) is 47.2 Å². The molecule has 0 aromatic heterocycles. The van der Waals surface area contributed by atoms with E-state index in [0.29, 0.717) is 25.1 Å². The quantitative estimate of drug-likeness (QED) is 0.164. The van der Waals surface area contributed by atoms with Gasteiger partial charge >= 0.3 is 0 Å². The normalized spacial score (nSPS) is 13.1. The Bertz CT molecular complexity index is 694. The van der Waals surface area contributed by atoms with E-state index in [1.807, 2.05) is 6.92 Å². The number of hydrogen-bond acceptors (Lipinski definition) is 4. The van der Waals surface area contributed by atoms with Gasteiger partial charge in [0.15, 0.2) is 5.96 Å². The van der Waals surface area contributed by atoms with Crippen LogP contribution in [0, 0.1) is 5.92 Å². The first-order chi connectivity index (χ1) is 13.3. The molecule has 0 fully saturated rings. The van der Waals surface area contributed by atoms with Crippen LogP contribution in [0.1, 0.15) is 46.1 Å². The van der Waals surface area contributed by atoms with Crippen LogP contribution < -0.4 is 15.4 Å². The molecule has 0 saturated carbocycles. The Kier molecular flexibility index (Phi) is 14.5. The zero-order valence-electron chi connectivity index (χ0n) is 18.2. The van der Waals surface area contributed by atoms with E-state index >= 15 is 0 Å². The van der Waals surface area contributed by atoms with Gasteiger partial charge in [0.25, 0.3) is 0 Å². The molecule has 0 amide bonds. The van der Waals surface area contributed by atoms with Crippen LogP contribution in [0.15, 0.2) is 34.2 Å². The third kappa shape index (κ3) is 11.8. The number of nitrogens with zero attached hydrogens (tertiary/aromatic N) is 1. The van der Waals surface area contributed by atoms with Gasteiger partial charge in [-0.1, -0.05) is 26.0 Å². The minimum atomic E-state index is -3.51. The number of nitrogens with one attached hydrogen (secondary N) is 3. The van der Waals surface area contributed by atoms with Crippen molar-refractivity contribution in [1.82, 2.24) is 15.4 Å². The van der Waals surface area contributed by atoms with Crippen LogP contribution in [0.3, 0.4) is 0 Å². The van der Waals surface area contributed by atoms with Crippen molar-refractivity contribution in [2.45, 2.75) is 58.0 Å². The first-order valence-corrected chi connectivity index (χ1v) is 11.4. The fourth-order valence-electron chi connectivity index (χ4n) is 2.51. The van der Waals surface area contributed by atoms with E-state index in [-0.39, 0.29) is 35.4 Å². The molecule has 0 aliphatic rings. The fourth-order valence-corrected chi connectivity index (χ4v) is 3.53. The van der Waals surface area contributed by atoms with E-state index in [2.05, 4.69) is 41.1 Å². The maximum atomic E-state index is 12.2. The molecule has 0 spiro atoms. The highest BCUT2D eigenvalue weighted by Gasteiger charge is 2.13. The van der Waals surface area contributed by atoms with Crippen molar-refractivity contribution in [1.29, 1.82) is 0 Å². The highest BCUT2D eigenvalue weighted by atomic mass is 127. The predicted molar refractivity (Wildman–Crippen MR) is 130 cm³/mol. The largest absolute Gasteiger partial charge is 0.383 e. The Morgan fingerprint density at radius 2 is 1.79 bits per heavy atom. The molecule has 7 nitrogen and oxygen atoms in total. The standard InChI is InChI=1S/C20H36N4O3S.HI/c1-6-21-20(24-17(4)8-7-16(2)3)22-15-18-9-11-19(12-10-18)28(25,26)23-13-14-27-5;/h9-12,16-17,23H,6-8,13-15H2,1-5H3,(H2,21,22,24);1H. The summed E-state index contributed by atoms with van der Waals surface area (Å²) in [6, 6.07) is 7.13. The van der Waals surface area contributed by atoms with Gasteiger partial charge in [-0.05, 0) is 50.3 Å². The molecular weight excluding hydrogens is 503 g/mol. The summed E-state index contributed by atoms with van der Waals surface area (Å²) >= 11 is 0. The van der Waals surface area contributed by atoms with Gasteiger partial charge in [0, 0.05) is 26.2 Å². The Morgan fingerprint density at radius 1 is 1.14 bits per heavy atom. The minimum absolute atomic E-state index is 0. The van der Waals surface area contributed by atoms with E-state index in [1.165, 1.54) is 13.5 Å². The lowest BCUT2D eigenvalue weighted by atomic mass is 10.0. The van der Waals surface area contributed by atoms with Crippen LogP contribution in [0.2, 0.25) is 0 Å². The molecule has 1 unspecified atom stereocenters. The highest BCUT2D eigenvalue weighted by Crippen LogP contribution is 2.11. The molecule has 1 aromatic rings. The lowest BCUT2D eigenvalue weighted by Gasteiger charge is -2.18. The molecule has 0 saturated heterocycles. The number of methoxy groups -OCH3 is 1. The third-order valence-electron chi connectivity index (χ3n) is 4.16. The highest BCUT2D eigenvalue weighted by molar-refractivity contribution is 14.0. The van der Waals surface area contributed by atoms with E-state index in [9.17, 15) is 8.42 Å². The van der Waals surface area contributed by atoms with Crippen LogP contribution in [0.5, 0.6) is 0 Å². The zero-order valence-corrected chi connectivity index (χ0v) is 21.3. The summed E-state index contributed by atoms with van der Waals surface area (Å²) in [6.07, 6.45) is 2.26.